The fourth-order valence-electron chi connectivity index (χ4n) is 3.30. The van der Waals surface area contributed by atoms with Gasteiger partial charge in [-0.2, -0.15) is 5.26 Å². The maximum absolute atomic E-state index is 11.7. The number of ether oxygens (including phenoxy) is 2. The van der Waals surface area contributed by atoms with E-state index in [1.54, 1.807) is 0 Å². The third kappa shape index (κ3) is 2.62. The normalized spacial score (nSPS) is 35.5. The van der Waals surface area contributed by atoms with E-state index in [1.165, 1.54) is 6.92 Å². The SMILES string of the molecule is C=C(C)C(=O)OCC(=O)OC1C2CC(C1O)C(C#N)(C=O)C2. The van der Waals surface area contributed by atoms with Crippen LogP contribution in [0.15, 0.2) is 12.2 Å². The van der Waals surface area contributed by atoms with Gasteiger partial charge in [0.2, 0.25) is 0 Å². The summed E-state index contributed by atoms with van der Waals surface area (Å²) in [6.07, 6.45) is -0.546. The molecule has 0 aromatic heterocycles. The molecule has 0 aromatic rings. The zero-order valence-corrected chi connectivity index (χ0v) is 12.2. The lowest BCUT2D eigenvalue weighted by Crippen LogP contribution is -2.46. The number of nitrogens with zero attached hydrogens (tertiary/aromatic N) is 1. The molecule has 0 amide bonds. The summed E-state index contributed by atoms with van der Waals surface area (Å²) in [6, 6.07) is 1.97. The van der Waals surface area contributed by atoms with Crippen molar-refractivity contribution in [2.75, 3.05) is 6.61 Å². The van der Waals surface area contributed by atoms with Gasteiger partial charge in [0.25, 0.3) is 0 Å². The fourth-order valence-corrected chi connectivity index (χ4v) is 3.30. The molecule has 0 aromatic carbocycles. The second-order valence-electron chi connectivity index (χ2n) is 5.88. The Kier molecular flexibility index (Phi) is 4.33. The quantitative estimate of drug-likeness (QED) is 0.436. The summed E-state index contributed by atoms with van der Waals surface area (Å²) in [5.41, 5.74) is -1.03. The lowest BCUT2D eigenvalue weighted by Gasteiger charge is -2.34. The Balaban J connectivity index is 1.93. The second kappa shape index (κ2) is 5.89. The molecule has 118 valence electrons. The molecule has 2 bridgehead atoms. The molecular formula is C15H17NO6. The van der Waals surface area contributed by atoms with Gasteiger partial charge in [-0.05, 0) is 19.8 Å². The van der Waals surface area contributed by atoms with E-state index in [4.69, 9.17) is 10.00 Å². The molecule has 0 aliphatic heterocycles. The molecule has 0 spiro atoms. The number of esters is 2. The van der Waals surface area contributed by atoms with Crippen molar-refractivity contribution in [2.45, 2.75) is 32.0 Å². The molecule has 1 N–H and O–H groups in total. The van der Waals surface area contributed by atoms with E-state index in [1.807, 2.05) is 6.07 Å². The third-order valence-electron chi connectivity index (χ3n) is 4.39. The van der Waals surface area contributed by atoms with Crippen LogP contribution in [0.2, 0.25) is 0 Å². The molecule has 2 saturated carbocycles. The van der Waals surface area contributed by atoms with Crippen LogP contribution >= 0.6 is 0 Å². The molecule has 2 aliphatic carbocycles. The van der Waals surface area contributed by atoms with Crippen LogP contribution in [0.1, 0.15) is 19.8 Å². The van der Waals surface area contributed by atoms with Crippen LogP contribution in [0.25, 0.3) is 0 Å². The van der Waals surface area contributed by atoms with E-state index in [-0.39, 0.29) is 17.9 Å². The highest BCUT2D eigenvalue weighted by atomic mass is 16.6. The number of rotatable bonds is 5. The van der Waals surface area contributed by atoms with Gasteiger partial charge in [0, 0.05) is 17.4 Å². The van der Waals surface area contributed by atoms with E-state index in [0.717, 1.165) is 0 Å². The van der Waals surface area contributed by atoms with Gasteiger partial charge in [-0.3, -0.25) is 0 Å². The molecule has 7 nitrogen and oxygen atoms in total. The van der Waals surface area contributed by atoms with Crippen LogP contribution in [0.5, 0.6) is 0 Å². The summed E-state index contributed by atoms with van der Waals surface area (Å²) in [6.45, 7) is 4.27. The van der Waals surface area contributed by atoms with Gasteiger partial charge in [-0.1, -0.05) is 6.58 Å². The van der Waals surface area contributed by atoms with Gasteiger partial charge < -0.3 is 19.4 Å². The minimum atomic E-state index is -1.20. The van der Waals surface area contributed by atoms with Gasteiger partial charge in [-0.15, -0.1) is 0 Å². The number of aliphatic hydroxyl groups is 1. The summed E-state index contributed by atoms with van der Waals surface area (Å²) in [7, 11) is 0. The van der Waals surface area contributed by atoms with Crippen molar-refractivity contribution >= 4 is 18.2 Å². The summed E-state index contributed by atoms with van der Waals surface area (Å²) in [4.78, 5) is 34.0. The van der Waals surface area contributed by atoms with Crippen molar-refractivity contribution in [1.82, 2.24) is 0 Å². The highest BCUT2D eigenvalue weighted by Gasteiger charge is 2.62. The highest BCUT2D eigenvalue weighted by Crippen LogP contribution is 2.55. The molecule has 0 radical (unpaired) electrons. The van der Waals surface area contributed by atoms with Crippen LogP contribution in [-0.4, -0.2) is 42.1 Å². The molecule has 0 saturated heterocycles. The Bertz CT molecular complexity index is 563. The van der Waals surface area contributed by atoms with E-state index in [2.05, 4.69) is 11.3 Å². The van der Waals surface area contributed by atoms with Crippen molar-refractivity contribution in [3.05, 3.63) is 12.2 Å². The lowest BCUT2D eigenvalue weighted by atomic mass is 9.73. The number of carbonyl (C=O) groups is 3. The first-order valence-electron chi connectivity index (χ1n) is 6.92. The van der Waals surface area contributed by atoms with Gasteiger partial charge in [0.1, 0.15) is 17.8 Å². The lowest BCUT2D eigenvalue weighted by molar-refractivity contribution is -0.169. The van der Waals surface area contributed by atoms with Crippen molar-refractivity contribution in [2.24, 2.45) is 17.3 Å². The molecule has 2 aliphatic rings. The fraction of sp³-hybridized carbons (Fsp3) is 0.600. The third-order valence-corrected chi connectivity index (χ3v) is 4.39. The predicted octanol–water partition coefficient (Wildman–Crippen LogP) is 0.127. The smallest absolute Gasteiger partial charge is 0.344 e. The Morgan fingerprint density at radius 2 is 2.23 bits per heavy atom. The second-order valence-corrected chi connectivity index (χ2v) is 5.88. The van der Waals surface area contributed by atoms with Crippen LogP contribution in [0.4, 0.5) is 0 Å². The minimum absolute atomic E-state index is 0.164. The number of carbonyl (C=O) groups excluding carboxylic acids is 3. The van der Waals surface area contributed by atoms with Gasteiger partial charge in [0.05, 0.1) is 12.2 Å². The van der Waals surface area contributed by atoms with E-state index < -0.39 is 42.1 Å². The monoisotopic (exact) mass is 307 g/mol. The predicted molar refractivity (Wildman–Crippen MR) is 72.0 cm³/mol. The number of aldehydes is 1. The van der Waals surface area contributed by atoms with Crippen LogP contribution < -0.4 is 0 Å². The average molecular weight is 307 g/mol. The zero-order chi connectivity index (χ0) is 16.5. The number of nitriles is 1. The van der Waals surface area contributed by atoms with Crippen molar-refractivity contribution in [3.8, 4) is 6.07 Å². The van der Waals surface area contributed by atoms with Gasteiger partial charge >= 0.3 is 11.9 Å². The van der Waals surface area contributed by atoms with Crippen LogP contribution in [-0.2, 0) is 23.9 Å². The van der Waals surface area contributed by atoms with Crippen molar-refractivity contribution < 1.29 is 29.0 Å². The molecule has 7 heteroatoms. The summed E-state index contributed by atoms with van der Waals surface area (Å²) in [5.74, 6) is -2.25. The number of aliphatic hydroxyl groups excluding tert-OH is 1. The van der Waals surface area contributed by atoms with Crippen LogP contribution in [0.3, 0.4) is 0 Å². The van der Waals surface area contributed by atoms with Gasteiger partial charge in [-0.25, -0.2) is 9.59 Å². The van der Waals surface area contributed by atoms with E-state index in [0.29, 0.717) is 12.7 Å². The number of hydrogen-bond donors (Lipinski definition) is 1. The maximum Gasteiger partial charge on any atom is 0.344 e. The largest absolute Gasteiger partial charge is 0.457 e. The zero-order valence-electron chi connectivity index (χ0n) is 12.2. The maximum atomic E-state index is 11.7. The molecule has 2 fully saturated rings. The number of fused-ring (bicyclic) bond motifs is 2. The van der Waals surface area contributed by atoms with Crippen LogP contribution in [0, 0.1) is 28.6 Å². The summed E-state index contributed by atoms with van der Waals surface area (Å²) < 4.78 is 9.82. The Labute approximate surface area is 127 Å². The molecule has 22 heavy (non-hydrogen) atoms. The Hall–Kier alpha value is -2.20. The molecular weight excluding hydrogens is 290 g/mol. The standard InChI is InChI=1S/C15H17NO6/c1-8(2)14(20)21-5-11(18)22-13-9-3-10(12(13)19)15(4-9,6-16)7-17/h7,9-10,12-13,19H,1,3-5H2,2H3. The first-order chi connectivity index (χ1) is 10.3. The topological polar surface area (TPSA) is 114 Å². The molecule has 0 heterocycles. The molecule has 5 atom stereocenters. The summed E-state index contributed by atoms with van der Waals surface area (Å²) >= 11 is 0. The molecule has 2 rings (SSSR count). The Morgan fingerprint density at radius 3 is 2.73 bits per heavy atom. The molecule has 5 unspecified atom stereocenters. The number of hydrogen-bond acceptors (Lipinski definition) is 7. The van der Waals surface area contributed by atoms with E-state index >= 15 is 0 Å². The van der Waals surface area contributed by atoms with Crippen molar-refractivity contribution in [1.29, 1.82) is 5.26 Å². The summed E-state index contributed by atoms with van der Waals surface area (Å²) in [5, 5.41) is 19.3. The average Bonchev–Trinajstić information content (AvgIpc) is 3.01. The highest BCUT2D eigenvalue weighted by molar-refractivity contribution is 5.88. The van der Waals surface area contributed by atoms with E-state index in [9.17, 15) is 19.5 Å². The van der Waals surface area contributed by atoms with Crippen molar-refractivity contribution in [3.63, 3.8) is 0 Å². The first kappa shape index (κ1) is 16.2. The van der Waals surface area contributed by atoms with Gasteiger partial charge in [0.15, 0.2) is 6.61 Å². The Morgan fingerprint density at radius 1 is 1.55 bits per heavy atom. The first-order valence-corrected chi connectivity index (χ1v) is 6.92. The minimum Gasteiger partial charge on any atom is -0.457 e.